The Labute approximate surface area is 197 Å². The number of rotatable bonds is 6. The first-order chi connectivity index (χ1) is 16.3. The summed E-state index contributed by atoms with van der Waals surface area (Å²) in [5.74, 6) is 0.375. The number of aromatic nitrogens is 1. The lowest BCUT2D eigenvalue weighted by atomic mass is 9.74. The predicted molar refractivity (Wildman–Crippen MR) is 135 cm³/mol. The third kappa shape index (κ3) is 5.09. The molecule has 170 valence electrons. The first-order valence-electron chi connectivity index (χ1n) is 12.1. The van der Waals surface area contributed by atoms with E-state index >= 15 is 0 Å². The molecule has 4 nitrogen and oxygen atoms in total. The third-order valence-electron chi connectivity index (χ3n) is 7.20. The topological polar surface area (TPSA) is 39.6 Å². The number of nitrogens with zero attached hydrogens (tertiary/aromatic N) is 3. The summed E-state index contributed by atoms with van der Waals surface area (Å²) in [5.41, 5.74) is 5.08. The molecule has 2 aliphatic heterocycles. The molecule has 0 bridgehead atoms. The highest BCUT2D eigenvalue weighted by Gasteiger charge is 2.48. The first kappa shape index (κ1) is 22.0. The molecule has 0 aliphatic carbocycles. The monoisotopic (exact) mass is 439 g/mol. The molecule has 4 heteroatoms. The van der Waals surface area contributed by atoms with Crippen molar-refractivity contribution in [2.75, 3.05) is 26.2 Å². The highest BCUT2D eigenvalue weighted by molar-refractivity contribution is 5.69. The van der Waals surface area contributed by atoms with Crippen LogP contribution in [-0.2, 0) is 6.54 Å². The van der Waals surface area contributed by atoms with Crippen LogP contribution in [-0.4, -0.2) is 58.2 Å². The number of benzene rings is 2. The van der Waals surface area contributed by atoms with E-state index in [4.69, 9.17) is 0 Å². The average molecular weight is 440 g/mol. The molecule has 3 heterocycles. The highest BCUT2D eigenvalue weighted by Crippen LogP contribution is 2.42. The summed E-state index contributed by atoms with van der Waals surface area (Å²) >= 11 is 0. The van der Waals surface area contributed by atoms with Gasteiger partial charge in [-0.25, -0.2) is 0 Å². The summed E-state index contributed by atoms with van der Waals surface area (Å²) < 4.78 is 0. The number of pyridine rings is 1. The Bertz CT molecular complexity index is 1040. The largest absolute Gasteiger partial charge is 0.395 e. The maximum atomic E-state index is 10.2. The fourth-order valence-electron chi connectivity index (χ4n) is 5.49. The maximum Gasteiger partial charge on any atom is 0.0593 e. The van der Waals surface area contributed by atoms with Crippen molar-refractivity contribution < 1.29 is 5.11 Å². The van der Waals surface area contributed by atoms with E-state index in [1.165, 1.54) is 35.1 Å². The minimum Gasteiger partial charge on any atom is -0.395 e. The molecule has 0 unspecified atom stereocenters. The van der Waals surface area contributed by atoms with Crippen LogP contribution in [0.2, 0.25) is 0 Å². The Morgan fingerprint density at radius 3 is 2.27 bits per heavy atom. The van der Waals surface area contributed by atoms with Crippen molar-refractivity contribution in [3.63, 3.8) is 0 Å². The predicted octanol–water partition coefficient (Wildman–Crippen LogP) is 4.68. The summed E-state index contributed by atoms with van der Waals surface area (Å²) in [7, 11) is 0. The fraction of sp³-hybridized carbons (Fsp3) is 0.345. The molecular weight excluding hydrogens is 406 g/mol. The van der Waals surface area contributed by atoms with Gasteiger partial charge in [0.1, 0.15) is 0 Å². The van der Waals surface area contributed by atoms with Gasteiger partial charge in [0.05, 0.1) is 6.61 Å². The fourth-order valence-corrected chi connectivity index (χ4v) is 5.49. The lowest BCUT2D eigenvalue weighted by Crippen LogP contribution is -2.67. The van der Waals surface area contributed by atoms with Crippen molar-refractivity contribution >= 4 is 12.2 Å². The van der Waals surface area contributed by atoms with Gasteiger partial charge in [0.15, 0.2) is 0 Å². The van der Waals surface area contributed by atoms with E-state index in [0.29, 0.717) is 12.0 Å². The van der Waals surface area contributed by atoms with Gasteiger partial charge in [0.2, 0.25) is 0 Å². The van der Waals surface area contributed by atoms with Crippen LogP contribution < -0.4 is 0 Å². The van der Waals surface area contributed by atoms with Crippen molar-refractivity contribution in [2.45, 2.75) is 37.4 Å². The quantitative estimate of drug-likeness (QED) is 0.566. The van der Waals surface area contributed by atoms with Crippen LogP contribution in [0.15, 0.2) is 79.1 Å². The SMILES string of the molecule is OC[C@H]1[C@@H](c2ccc(/C=C/c3ccccc3)cc2)[C@@H]2CN(Cc3ccncc3)CCCCN12. The number of fused-ring (bicyclic) bond motifs is 1. The second kappa shape index (κ2) is 10.4. The van der Waals surface area contributed by atoms with Crippen LogP contribution >= 0.6 is 0 Å². The van der Waals surface area contributed by atoms with Crippen molar-refractivity contribution in [3.05, 3.63) is 101 Å². The van der Waals surface area contributed by atoms with E-state index in [1.54, 1.807) is 0 Å². The zero-order valence-corrected chi connectivity index (χ0v) is 19.1. The standard InChI is InChI=1S/C29H33N3O/c33-22-28-29(26-12-10-24(11-13-26)9-8-23-6-2-1-3-7-23)27-21-31(18-4-5-19-32(27)28)20-25-14-16-30-17-15-25/h1-3,6-17,27-29,33H,4-5,18-22H2/b9-8+/t27-,28-,29-/m0/s1. The van der Waals surface area contributed by atoms with Crippen LogP contribution in [0.1, 0.15) is 41.0 Å². The second-order valence-corrected chi connectivity index (χ2v) is 9.29. The van der Waals surface area contributed by atoms with E-state index in [2.05, 4.69) is 87.6 Å². The van der Waals surface area contributed by atoms with Crippen molar-refractivity contribution in [2.24, 2.45) is 0 Å². The summed E-state index contributed by atoms with van der Waals surface area (Å²) in [5, 5.41) is 10.2. The molecule has 5 rings (SSSR count). The molecule has 0 amide bonds. The summed E-state index contributed by atoms with van der Waals surface area (Å²) in [6.07, 6.45) is 10.5. The summed E-state index contributed by atoms with van der Waals surface area (Å²) in [6.45, 7) is 4.45. The van der Waals surface area contributed by atoms with Crippen LogP contribution in [0.4, 0.5) is 0 Å². The zero-order chi connectivity index (χ0) is 22.5. The normalized spacial score (nSPS) is 24.1. The van der Waals surface area contributed by atoms with Crippen molar-refractivity contribution in [3.8, 4) is 0 Å². The van der Waals surface area contributed by atoms with Gasteiger partial charge in [0, 0.05) is 43.5 Å². The molecular formula is C29H33N3O. The minimum atomic E-state index is 0.223. The third-order valence-corrected chi connectivity index (χ3v) is 7.20. The average Bonchev–Trinajstić information content (AvgIpc) is 2.85. The van der Waals surface area contributed by atoms with Crippen LogP contribution in [0.5, 0.6) is 0 Å². The van der Waals surface area contributed by atoms with E-state index in [1.807, 2.05) is 18.5 Å². The van der Waals surface area contributed by atoms with Crippen LogP contribution in [0.25, 0.3) is 12.2 Å². The molecule has 2 aliphatic rings. The van der Waals surface area contributed by atoms with Gasteiger partial charge >= 0.3 is 0 Å². The molecule has 0 saturated carbocycles. The molecule has 1 aromatic heterocycles. The van der Waals surface area contributed by atoms with E-state index < -0.39 is 0 Å². The van der Waals surface area contributed by atoms with Gasteiger partial charge in [-0.1, -0.05) is 66.7 Å². The van der Waals surface area contributed by atoms with Gasteiger partial charge in [-0.3, -0.25) is 14.8 Å². The second-order valence-electron chi connectivity index (χ2n) is 9.29. The van der Waals surface area contributed by atoms with Gasteiger partial charge in [-0.15, -0.1) is 0 Å². The lowest BCUT2D eigenvalue weighted by molar-refractivity contribution is -0.0655. The van der Waals surface area contributed by atoms with Crippen LogP contribution in [0.3, 0.4) is 0 Å². The number of aliphatic hydroxyl groups is 1. The minimum absolute atomic E-state index is 0.223. The van der Waals surface area contributed by atoms with Gasteiger partial charge < -0.3 is 5.11 Å². The van der Waals surface area contributed by atoms with E-state index in [9.17, 15) is 5.11 Å². The van der Waals surface area contributed by atoms with E-state index in [0.717, 1.165) is 26.2 Å². The first-order valence-corrected chi connectivity index (χ1v) is 12.1. The smallest absolute Gasteiger partial charge is 0.0593 e. The summed E-state index contributed by atoms with van der Waals surface area (Å²) in [4.78, 5) is 9.30. The Kier molecular flexibility index (Phi) is 6.96. The molecule has 3 atom stereocenters. The number of aliphatic hydroxyl groups excluding tert-OH is 1. The van der Waals surface area contributed by atoms with Gasteiger partial charge in [0.25, 0.3) is 0 Å². The molecule has 2 fully saturated rings. The molecule has 3 aromatic rings. The Morgan fingerprint density at radius 1 is 0.848 bits per heavy atom. The number of hydrogen-bond donors (Lipinski definition) is 1. The Morgan fingerprint density at radius 2 is 1.55 bits per heavy atom. The Balaban J connectivity index is 1.31. The highest BCUT2D eigenvalue weighted by atomic mass is 16.3. The maximum absolute atomic E-state index is 10.2. The molecule has 0 radical (unpaired) electrons. The molecule has 33 heavy (non-hydrogen) atoms. The van der Waals surface area contributed by atoms with Gasteiger partial charge in [-0.05, 0) is 60.3 Å². The lowest BCUT2D eigenvalue weighted by Gasteiger charge is -2.57. The molecule has 2 aromatic carbocycles. The van der Waals surface area contributed by atoms with Crippen molar-refractivity contribution in [1.29, 1.82) is 0 Å². The molecule has 0 spiro atoms. The van der Waals surface area contributed by atoms with Gasteiger partial charge in [-0.2, -0.15) is 0 Å². The summed E-state index contributed by atoms with van der Waals surface area (Å²) in [6, 6.07) is 24.3. The number of hydrogen-bond acceptors (Lipinski definition) is 4. The van der Waals surface area contributed by atoms with Crippen LogP contribution in [0, 0.1) is 0 Å². The Hall–Kier alpha value is -2.79. The molecule has 2 saturated heterocycles. The molecule has 1 N–H and O–H groups in total. The zero-order valence-electron chi connectivity index (χ0n) is 19.1. The van der Waals surface area contributed by atoms with E-state index in [-0.39, 0.29) is 12.6 Å². The van der Waals surface area contributed by atoms with Crippen molar-refractivity contribution in [1.82, 2.24) is 14.8 Å².